The number of benzene rings is 1. The van der Waals surface area contributed by atoms with E-state index in [2.05, 4.69) is 10.6 Å². The fourth-order valence-electron chi connectivity index (χ4n) is 3.02. The number of nitrogens with zero attached hydrogens (tertiary/aromatic N) is 1. The van der Waals surface area contributed by atoms with Gasteiger partial charge in [-0.05, 0) is 54.2 Å². The van der Waals surface area contributed by atoms with Gasteiger partial charge in [0.05, 0.1) is 0 Å². The Morgan fingerprint density at radius 2 is 1.59 bits per heavy atom. The third-order valence-corrected chi connectivity index (χ3v) is 4.95. The van der Waals surface area contributed by atoms with E-state index >= 15 is 0 Å². The largest absolute Gasteiger partial charge is 0.378 e. The predicted molar refractivity (Wildman–Crippen MR) is 105 cm³/mol. The average molecular weight is 386 g/mol. The molecule has 1 aliphatic heterocycles. The van der Waals surface area contributed by atoms with Crippen LogP contribution in [0.1, 0.15) is 24.8 Å². The molecule has 0 unspecified atom stereocenters. The normalized spacial score (nSPS) is 19.1. The lowest BCUT2D eigenvalue weighted by Crippen LogP contribution is -2.51. The summed E-state index contributed by atoms with van der Waals surface area (Å²) >= 11 is 6.55. The van der Waals surface area contributed by atoms with Gasteiger partial charge in [-0.3, -0.25) is 20.2 Å². The highest BCUT2D eigenvalue weighted by atomic mass is 35.5. The fraction of sp³-hybridized carbons (Fsp3) is 0.250. The minimum absolute atomic E-state index is 0.112. The van der Waals surface area contributed by atoms with Crippen LogP contribution in [-0.4, -0.2) is 31.9 Å². The van der Waals surface area contributed by atoms with Crippen molar-refractivity contribution in [2.45, 2.75) is 19.3 Å². The lowest BCUT2D eigenvalue weighted by molar-refractivity contribution is -0.124. The van der Waals surface area contributed by atoms with Crippen LogP contribution >= 0.6 is 11.6 Å². The minimum atomic E-state index is -0.812. The van der Waals surface area contributed by atoms with Crippen molar-refractivity contribution in [3.05, 3.63) is 57.7 Å². The molecule has 0 atom stereocenters. The van der Waals surface area contributed by atoms with E-state index in [1.807, 2.05) is 49.3 Å². The topological polar surface area (TPSA) is 78.5 Å². The summed E-state index contributed by atoms with van der Waals surface area (Å²) in [5.74, 6) is -1.42. The van der Waals surface area contributed by atoms with E-state index in [1.165, 1.54) is 6.08 Å². The van der Waals surface area contributed by atoms with Crippen LogP contribution < -0.4 is 15.5 Å². The molecule has 0 spiro atoms. The summed E-state index contributed by atoms with van der Waals surface area (Å²) < 4.78 is 0. The molecule has 0 aromatic heterocycles. The number of carbonyl (C=O) groups excluding carboxylic acids is 3. The van der Waals surface area contributed by atoms with Crippen LogP contribution in [0.5, 0.6) is 0 Å². The van der Waals surface area contributed by atoms with Gasteiger partial charge in [0.25, 0.3) is 11.8 Å². The quantitative estimate of drug-likeness (QED) is 0.619. The number of amides is 4. The molecular weight excluding hydrogens is 366 g/mol. The molecule has 1 fully saturated rings. The number of rotatable bonds is 3. The van der Waals surface area contributed by atoms with Crippen LogP contribution in [0.3, 0.4) is 0 Å². The number of nitrogens with one attached hydrogen (secondary N) is 2. The summed E-state index contributed by atoms with van der Waals surface area (Å²) in [6.45, 7) is 0. The molecule has 4 amide bonds. The number of imide groups is 2. The number of hydrogen-bond donors (Lipinski definition) is 2. The molecule has 140 valence electrons. The molecule has 2 aliphatic rings. The van der Waals surface area contributed by atoms with Gasteiger partial charge in [0.15, 0.2) is 0 Å². The first-order chi connectivity index (χ1) is 12.8. The van der Waals surface area contributed by atoms with Crippen molar-refractivity contribution in [2.75, 3.05) is 19.0 Å². The third kappa shape index (κ3) is 4.28. The Hall–Kier alpha value is -2.86. The number of urea groups is 1. The van der Waals surface area contributed by atoms with Gasteiger partial charge in [0, 0.05) is 24.8 Å². The summed E-state index contributed by atoms with van der Waals surface area (Å²) in [5.41, 5.74) is 3.70. The van der Waals surface area contributed by atoms with Gasteiger partial charge in [-0.15, -0.1) is 0 Å². The van der Waals surface area contributed by atoms with Gasteiger partial charge in [-0.25, -0.2) is 4.79 Å². The zero-order valence-electron chi connectivity index (χ0n) is 15.1. The van der Waals surface area contributed by atoms with E-state index in [1.54, 1.807) is 0 Å². The van der Waals surface area contributed by atoms with Crippen LogP contribution in [0.4, 0.5) is 10.5 Å². The molecule has 2 N–H and O–H groups in total. The van der Waals surface area contributed by atoms with Crippen LogP contribution in [0, 0.1) is 0 Å². The Morgan fingerprint density at radius 1 is 0.963 bits per heavy atom. The first-order valence-corrected chi connectivity index (χ1v) is 8.98. The fourth-order valence-corrected chi connectivity index (χ4v) is 3.31. The molecule has 1 heterocycles. The highest BCUT2D eigenvalue weighted by Gasteiger charge is 2.28. The zero-order chi connectivity index (χ0) is 19.6. The molecule has 7 heteroatoms. The Balaban J connectivity index is 1.90. The Morgan fingerprint density at radius 3 is 2.19 bits per heavy atom. The van der Waals surface area contributed by atoms with Crippen molar-refractivity contribution in [3.63, 3.8) is 0 Å². The van der Waals surface area contributed by atoms with E-state index < -0.39 is 17.8 Å². The number of barbiturate groups is 1. The van der Waals surface area contributed by atoms with E-state index in [0.29, 0.717) is 17.0 Å². The summed E-state index contributed by atoms with van der Waals surface area (Å²) in [6, 6.07) is 7.29. The maximum absolute atomic E-state index is 11.9. The average Bonchev–Trinajstić information content (AvgIpc) is 2.61. The number of carbonyl (C=O) groups is 3. The molecular formula is C20H20ClN3O3. The summed E-state index contributed by atoms with van der Waals surface area (Å²) in [4.78, 5) is 37.0. The van der Waals surface area contributed by atoms with Crippen molar-refractivity contribution >= 4 is 41.2 Å². The standard InChI is InChI=1S/C20H20ClN3O3/c1-24(2)15-8-6-12(7-9-15)10-13-4-3-5-14(17(13)21)11-16-18(25)22-20(27)23-19(16)26/h6-11H,3-5H2,1-2H3,(H2,22,23,25,26,27). The molecule has 6 nitrogen and oxygen atoms in total. The van der Waals surface area contributed by atoms with Crippen molar-refractivity contribution in [3.8, 4) is 0 Å². The van der Waals surface area contributed by atoms with Crippen molar-refractivity contribution in [1.29, 1.82) is 0 Å². The molecule has 1 aromatic carbocycles. The second-order valence-corrected chi connectivity index (χ2v) is 7.02. The van der Waals surface area contributed by atoms with Crippen LogP contribution in [0.25, 0.3) is 6.08 Å². The van der Waals surface area contributed by atoms with Crippen LogP contribution in [0.15, 0.2) is 52.1 Å². The lowest BCUT2D eigenvalue weighted by Gasteiger charge is -2.19. The van der Waals surface area contributed by atoms with Crippen LogP contribution in [-0.2, 0) is 9.59 Å². The van der Waals surface area contributed by atoms with E-state index in [0.717, 1.165) is 29.7 Å². The van der Waals surface area contributed by atoms with Gasteiger partial charge in [-0.2, -0.15) is 0 Å². The van der Waals surface area contributed by atoms with Crippen LogP contribution in [0.2, 0.25) is 0 Å². The number of hydrogen-bond acceptors (Lipinski definition) is 4. The Labute approximate surface area is 162 Å². The summed E-state index contributed by atoms with van der Waals surface area (Å²) in [6.07, 6.45) is 5.83. The summed E-state index contributed by atoms with van der Waals surface area (Å²) in [7, 11) is 3.97. The first-order valence-electron chi connectivity index (χ1n) is 8.60. The monoisotopic (exact) mass is 385 g/mol. The third-order valence-electron chi connectivity index (χ3n) is 4.47. The van der Waals surface area contributed by atoms with Crippen molar-refractivity contribution < 1.29 is 14.4 Å². The molecule has 1 aromatic rings. The maximum Gasteiger partial charge on any atom is 0.328 e. The number of halogens is 1. The zero-order valence-corrected chi connectivity index (χ0v) is 15.9. The smallest absolute Gasteiger partial charge is 0.328 e. The second-order valence-electron chi connectivity index (χ2n) is 6.64. The molecule has 1 aliphatic carbocycles. The van der Waals surface area contributed by atoms with E-state index in [4.69, 9.17) is 11.6 Å². The number of allylic oxidation sites excluding steroid dienone is 4. The minimum Gasteiger partial charge on any atom is -0.378 e. The van der Waals surface area contributed by atoms with Gasteiger partial charge in [0.1, 0.15) is 5.57 Å². The van der Waals surface area contributed by atoms with Crippen molar-refractivity contribution in [1.82, 2.24) is 10.6 Å². The first kappa shape index (κ1) is 18.9. The van der Waals surface area contributed by atoms with E-state index in [-0.39, 0.29) is 5.57 Å². The van der Waals surface area contributed by atoms with E-state index in [9.17, 15) is 14.4 Å². The molecule has 0 saturated carbocycles. The SMILES string of the molecule is CN(C)c1ccc(C=C2CCCC(C=C3C(=O)NC(=O)NC3=O)=C2Cl)cc1. The molecule has 1 saturated heterocycles. The second kappa shape index (κ2) is 7.80. The molecule has 27 heavy (non-hydrogen) atoms. The molecule has 3 rings (SSSR count). The van der Waals surface area contributed by atoms with Gasteiger partial charge in [-0.1, -0.05) is 29.8 Å². The number of anilines is 1. The van der Waals surface area contributed by atoms with Gasteiger partial charge < -0.3 is 4.90 Å². The highest BCUT2D eigenvalue weighted by Crippen LogP contribution is 2.35. The highest BCUT2D eigenvalue weighted by molar-refractivity contribution is 6.33. The predicted octanol–water partition coefficient (Wildman–Crippen LogP) is 3.11. The lowest BCUT2D eigenvalue weighted by atomic mass is 9.92. The summed E-state index contributed by atoms with van der Waals surface area (Å²) in [5, 5.41) is 4.68. The Kier molecular flexibility index (Phi) is 5.46. The molecule has 0 bridgehead atoms. The van der Waals surface area contributed by atoms with Crippen molar-refractivity contribution in [2.24, 2.45) is 0 Å². The van der Waals surface area contributed by atoms with Gasteiger partial charge >= 0.3 is 6.03 Å². The maximum atomic E-state index is 11.9. The van der Waals surface area contributed by atoms with Gasteiger partial charge in [0.2, 0.25) is 0 Å². The molecule has 0 radical (unpaired) electrons. The Bertz CT molecular complexity index is 874.